The minimum Gasteiger partial charge on any atom is -0.305 e. The normalized spacial score (nSPS) is 15.2. The summed E-state index contributed by atoms with van der Waals surface area (Å²) in [4.78, 5) is 4.39. The van der Waals surface area contributed by atoms with E-state index in [2.05, 4.69) is 41.5 Å². The van der Waals surface area contributed by atoms with E-state index in [1.165, 1.54) is 24.8 Å². The van der Waals surface area contributed by atoms with Gasteiger partial charge in [-0.2, -0.15) is 0 Å². The van der Waals surface area contributed by atoms with Gasteiger partial charge in [-0.1, -0.05) is 24.3 Å². The van der Waals surface area contributed by atoms with Crippen LogP contribution in [0.25, 0.3) is 0 Å². The maximum atomic E-state index is 4.39. The Morgan fingerprint density at radius 2 is 2.05 bits per heavy atom. The predicted octanol–water partition coefficient (Wildman–Crippen LogP) is 3.42. The molecule has 0 unspecified atom stereocenters. The van der Waals surface area contributed by atoms with Crippen molar-refractivity contribution in [2.75, 3.05) is 0 Å². The summed E-state index contributed by atoms with van der Waals surface area (Å²) in [6.45, 7) is 3.07. The quantitative estimate of drug-likeness (QED) is 0.902. The highest BCUT2D eigenvalue weighted by atomic mass is 14.9. The molecule has 3 rings (SSSR count). The Morgan fingerprint density at radius 3 is 2.89 bits per heavy atom. The summed E-state index contributed by atoms with van der Waals surface area (Å²) in [6.07, 6.45) is 5.67. The van der Waals surface area contributed by atoms with Crippen LogP contribution in [-0.2, 0) is 19.4 Å². The molecule has 98 valence electrons. The Balaban J connectivity index is 1.63. The number of benzene rings is 1. The molecule has 1 aliphatic rings. The molecule has 19 heavy (non-hydrogen) atoms. The van der Waals surface area contributed by atoms with Gasteiger partial charge in [0.05, 0.1) is 5.69 Å². The summed E-state index contributed by atoms with van der Waals surface area (Å²) in [6, 6.07) is 13.3. The van der Waals surface area contributed by atoms with Crippen LogP contribution >= 0.6 is 0 Å². The lowest BCUT2D eigenvalue weighted by Crippen LogP contribution is -2.19. The molecule has 0 aliphatic heterocycles. The third kappa shape index (κ3) is 2.85. The summed E-state index contributed by atoms with van der Waals surface area (Å²) in [5.74, 6) is 0. The lowest BCUT2D eigenvalue weighted by atomic mass is 10.1. The Labute approximate surface area is 114 Å². The van der Waals surface area contributed by atoms with Gasteiger partial charge < -0.3 is 5.32 Å². The minimum atomic E-state index is 0.287. The summed E-state index contributed by atoms with van der Waals surface area (Å²) >= 11 is 0. The van der Waals surface area contributed by atoms with Crippen LogP contribution in [0.2, 0.25) is 0 Å². The van der Waals surface area contributed by atoms with E-state index >= 15 is 0 Å². The van der Waals surface area contributed by atoms with Crippen LogP contribution < -0.4 is 5.32 Å². The van der Waals surface area contributed by atoms with Crippen LogP contribution in [0.1, 0.15) is 41.8 Å². The summed E-state index contributed by atoms with van der Waals surface area (Å²) in [5, 5.41) is 3.54. The average Bonchev–Trinajstić information content (AvgIpc) is 2.93. The number of fused-ring (bicyclic) bond motifs is 1. The third-order valence-electron chi connectivity index (χ3n) is 3.91. The highest BCUT2D eigenvalue weighted by molar-refractivity contribution is 5.35. The lowest BCUT2D eigenvalue weighted by molar-refractivity contribution is 0.561. The molecule has 1 aliphatic carbocycles. The molecule has 1 aromatic heterocycles. The zero-order valence-corrected chi connectivity index (χ0v) is 11.4. The molecular formula is C17H20N2. The van der Waals surface area contributed by atoms with Crippen molar-refractivity contribution in [1.82, 2.24) is 10.3 Å². The molecule has 1 atom stereocenters. The molecule has 1 N–H and O–H groups in total. The fraction of sp³-hybridized carbons (Fsp3) is 0.353. The number of pyridine rings is 1. The van der Waals surface area contributed by atoms with Crippen LogP contribution in [0.4, 0.5) is 0 Å². The SMILES string of the molecule is C[C@@H](NCc1ccc2c(c1)CCC2)c1ccccn1. The Bertz CT molecular complexity index is 548. The summed E-state index contributed by atoms with van der Waals surface area (Å²) in [5.41, 5.74) is 5.57. The number of nitrogens with one attached hydrogen (secondary N) is 1. The first-order chi connectivity index (χ1) is 9.33. The van der Waals surface area contributed by atoms with Crippen molar-refractivity contribution < 1.29 is 0 Å². The molecule has 2 heteroatoms. The lowest BCUT2D eigenvalue weighted by Gasteiger charge is -2.13. The van der Waals surface area contributed by atoms with Gasteiger partial charge in [-0.15, -0.1) is 0 Å². The van der Waals surface area contributed by atoms with E-state index < -0.39 is 0 Å². The molecule has 0 amide bonds. The second-order valence-electron chi connectivity index (χ2n) is 5.31. The number of nitrogens with zero attached hydrogens (tertiary/aromatic N) is 1. The molecule has 0 fully saturated rings. The minimum absolute atomic E-state index is 0.287. The Morgan fingerprint density at radius 1 is 1.16 bits per heavy atom. The van der Waals surface area contributed by atoms with E-state index in [-0.39, 0.29) is 6.04 Å². The summed E-state index contributed by atoms with van der Waals surface area (Å²) in [7, 11) is 0. The summed E-state index contributed by atoms with van der Waals surface area (Å²) < 4.78 is 0. The van der Waals surface area contributed by atoms with E-state index in [0.717, 1.165) is 12.2 Å². The van der Waals surface area contributed by atoms with E-state index in [1.807, 2.05) is 18.3 Å². The number of aromatic nitrogens is 1. The van der Waals surface area contributed by atoms with Crippen molar-refractivity contribution in [1.29, 1.82) is 0 Å². The first-order valence-corrected chi connectivity index (χ1v) is 7.08. The third-order valence-corrected chi connectivity index (χ3v) is 3.91. The molecule has 1 aromatic carbocycles. The molecule has 1 heterocycles. The maximum Gasteiger partial charge on any atom is 0.0570 e. The van der Waals surface area contributed by atoms with E-state index in [4.69, 9.17) is 0 Å². The van der Waals surface area contributed by atoms with Crippen LogP contribution in [0.3, 0.4) is 0 Å². The van der Waals surface area contributed by atoms with Gasteiger partial charge in [0.2, 0.25) is 0 Å². The van der Waals surface area contributed by atoms with Crippen molar-refractivity contribution in [2.45, 2.75) is 38.8 Å². The van der Waals surface area contributed by atoms with Crippen molar-refractivity contribution in [3.63, 3.8) is 0 Å². The molecule has 0 saturated carbocycles. The monoisotopic (exact) mass is 252 g/mol. The number of hydrogen-bond acceptors (Lipinski definition) is 2. The predicted molar refractivity (Wildman–Crippen MR) is 78.0 cm³/mol. The molecule has 2 aromatic rings. The van der Waals surface area contributed by atoms with Crippen molar-refractivity contribution >= 4 is 0 Å². The second-order valence-corrected chi connectivity index (χ2v) is 5.31. The van der Waals surface area contributed by atoms with Gasteiger partial charge in [0.1, 0.15) is 0 Å². The standard InChI is InChI=1S/C17H20N2/c1-13(17-7-2-3-10-18-17)19-12-14-8-9-15-5-4-6-16(15)11-14/h2-3,7-11,13,19H,4-6,12H2,1H3/t13-/m1/s1. The number of hydrogen-bond donors (Lipinski definition) is 1. The smallest absolute Gasteiger partial charge is 0.0570 e. The van der Waals surface area contributed by atoms with Crippen molar-refractivity contribution in [2.24, 2.45) is 0 Å². The molecule has 0 spiro atoms. The molecule has 0 saturated heterocycles. The van der Waals surface area contributed by atoms with Crippen LogP contribution in [0, 0.1) is 0 Å². The highest BCUT2D eigenvalue weighted by Crippen LogP contribution is 2.23. The zero-order chi connectivity index (χ0) is 13.1. The molecule has 0 bridgehead atoms. The fourth-order valence-corrected chi connectivity index (χ4v) is 2.74. The van der Waals surface area contributed by atoms with E-state index in [1.54, 1.807) is 11.1 Å². The van der Waals surface area contributed by atoms with Gasteiger partial charge in [-0.25, -0.2) is 0 Å². The molecular weight excluding hydrogens is 232 g/mol. The average molecular weight is 252 g/mol. The van der Waals surface area contributed by atoms with Gasteiger partial charge in [0.25, 0.3) is 0 Å². The van der Waals surface area contributed by atoms with Gasteiger partial charge in [-0.05, 0) is 55.0 Å². The topological polar surface area (TPSA) is 24.9 Å². The van der Waals surface area contributed by atoms with E-state index in [9.17, 15) is 0 Å². The maximum absolute atomic E-state index is 4.39. The van der Waals surface area contributed by atoms with Gasteiger partial charge >= 0.3 is 0 Å². The number of aryl methyl sites for hydroxylation is 2. The first-order valence-electron chi connectivity index (χ1n) is 7.08. The van der Waals surface area contributed by atoms with Crippen LogP contribution in [0.5, 0.6) is 0 Å². The van der Waals surface area contributed by atoms with Crippen LogP contribution in [0.15, 0.2) is 42.6 Å². The molecule has 2 nitrogen and oxygen atoms in total. The fourth-order valence-electron chi connectivity index (χ4n) is 2.74. The van der Waals surface area contributed by atoms with Gasteiger partial charge in [0, 0.05) is 18.8 Å². The van der Waals surface area contributed by atoms with Crippen molar-refractivity contribution in [3.05, 3.63) is 65.0 Å². The van der Waals surface area contributed by atoms with Gasteiger partial charge in [-0.3, -0.25) is 4.98 Å². The highest BCUT2D eigenvalue weighted by Gasteiger charge is 2.11. The second kappa shape index (κ2) is 5.54. The molecule has 0 radical (unpaired) electrons. The van der Waals surface area contributed by atoms with E-state index in [0.29, 0.717) is 0 Å². The largest absolute Gasteiger partial charge is 0.305 e. The first kappa shape index (κ1) is 12.4. The Kier molecular flexibility index (Phi) is 3.60. The van der Waals surface area contributed by atoms with Gasteiger partial charge in [0.15, 0.2) is 0 Å². The number of rotatable bonds is 4. The Hall–Kier alpha value is -1.67. The van der Waals surface area contributed by atoms with Crippen LogP contribution in [-0.4, -0.2) is 4.98 Å². The van der Waals surface area contributed by atoms with Crippen molar-refractivity contribution in [3.8, 4) is 0 Å². The zero-order valence-electron chi connectivity index (χ0n) is 11.4.